The molecule has 0 amide bonds. The lowest BCUT2D eigenvalue weighted by atomic mass is 9.97. The third-order valence-electron chi connectivity index (χ3n) is 3.31. The molecule has 0 aromatic heterocycles. The minimum atomic E-state index is 0.174. The number of aryl methyl sites for hydroxylation is 1. The van der Waals surface area contributed by atoms with E-state index in [1.54, 1.807) is 0 Å². The molecule has 0 aliphatic carbocycles. The third kappa shape index (κ3) is 3.99. The number of halogens is 2. The fourth-order valence-corrected chi connectivity index (χ4v) is 2.82. The third-order valence-corrected chi connectivity index (χ3v) is 3.89. The Hall–Kier alpha value is -1.02. The first-order chi connectivity index (χ1) is 9.60. The van der Waals surface area contributed by atoms with E-state index in [1.807, 2.05) is 18.2 Å². The van der Waals surface area contributed by atoms with Gasteiger partial charge >= 0.3 is 0 Å². The molecule has 1 unspecified atom stereocenters. The van der Waals surface area contributed by atoms with Crippen LogP contribution in [0.25, 0.3) is 0 Å². The molecule has 0 saturated carbocycles. The molecule has 1 nitrogen and oxygen atoms in total. The van der Waals surface area contributed by atoms with Crippen LogP contribution in [0.1, 0.15) is 29.7 Å². The molecule has 1 N–H and O–H groups in total. The summed E-state index contributed by atoms with van der Waals surface area (Å²) in [5.41, 5.74) is 3.63. The lowest BCUT2D eigenvalue weighted by molar-refractivity contribution is 0.550. The minimum Gasteiger partial charge on any atom is -0.310 e. The maximum atomic E-state index is 6.33. The molecule has 2 rings (SSSR count). The molecular weight excluding hydrogens is 289 g/mol. The zero-order valence-electron chi connectivity index (χ0n) is 11.8. The molecule has 0 aliphatic heterocycles. The first-order valence-electron chi connectivity index (χ1n) is 6.84. The molecule has 2 aromatic carbocycles. The molecule has 0 fully saturated rings. The van der Waals surface area contributed by atoms with E-state index in [9.17, 15) is 0 Å². The summed E-state index contributed by atoms with van der Waals surface area (Å²) in [5, 5.41) is 4.97. The van der Waals surface area contributed by atoms with Crippen LogP contribution >= 0.6 is 23.2 Å². The quantitative estimate of drug-likeness (QED) is 0.801. The monoisotopic (exact) mass is 307 g/mol. The van der Waals surface area contributed by atoms with Gasteiger partial charge in [-0.15, -0.1) is 0 Å². The van der Waals surface area contributed by atoms with E-state index in [-0.39, 0.29) is 6.04 Å². The summed E-state index contributed by atoms with van der Waals surface area (Å²) >= 11 is 12.4. The van der Waals surface area contributed by atoms with Gasteiger partial charge in [-0.1, -0.05) is 60.0 Å². The fourth-order valence-electron chi connectivity index (χ4n) is 2.39. The fraction of sp³-hybridized carbons (Fsp3) is 0.294. The molecular formula is C17H19Cl2N. The van der Waals surface area contributed by atoms with Gasteiger partial charge in [0.1, 0.15) is 0 Å². The van der Waals surface area contributed by atoms with Crippen LogP contribution in [0.15, 0.2) is 42.5 Å². The second kappa shape index (κ2) is 7.12. The minimum absolute atomic E-state index is 0.174. The molecule has 3 heteroatoms. The molecule has 0 saturated heterocycles. The van der Waals surface area contributed by atoms with E-state index in [4.69, 9.17) is 23.2 Å². The van der Waals surface area contributed by atoms with E-state index < -0.39 is 0 Å². The highest BCUT2D eigenvalue weighted by atomic mass is 35.5. The van der Waals surface area contributed by atoms with Crippen molar-refractivity contribution in [1.82, 2.24) is 5.32 Å². The molecule has 0 spiro atoms. The van der Waals surface area contributed by atoms with Gasteiger partial charge in [-0.25, -0.2) is 0 Å². The number of rotatable bonds is 5. The highest BCUT2D eigenvalue weighted by molar-refractivity contribution is 6.33. The molecule has 1 atom stereocenters. The largest absolute Gasteiger partial charge is 0.310 e. The Kier molecular flexibility index (Phi) is 5.47. The van der Waals surface area contributed by atoms with Crippen molar-refractivity contribution in [1.29, 1.82) is 0 Å². The van der Waals surface area contributed by atoms with Gasteiger partial charge in [-0.3, -0.25) is 0 Å². The molecule has 0 heterocycles. The van der Waals surface area contributed by atoms with Crippen LogP contribution in [0.3, 0.4) is 0 Å². The highest BCUT2D eigenvalue weighted by Crippen LogP contribution is 2.28. The van der Waals surface area contributed by atoms with Crippen LogP contribution < -0.4 is 5.32 Å². The van der Waals surface area contributed by atoms with Crippen LogP contribution in [0.2, 0.25) is 10.0 Å². The van der Waals surface area contributed by atoms with Crippen LogP contribution in [-0.4, -0.2) is 6.54 Å². The van der Waals surface area contributed by atoms with E-state index >= 15 is 0 Å². The van der Waals surface area contributed by atoms with Crippen molar-refractivity contribution in [2.45, 2.75) is 26.3 Å². The average molecular weight is 308 g/mol. The summed E-state index contributed by atoms with van der Waals surface area (Å²) in [4.78, 5) is 0. The summed E-state index contributed by atoms with van der Waals surface area (Å²) in [6.07, 6.45) is 0.898. The number of benzene rings is 2. The maximum absolute atomic E-state index is 6.33. The Morgan fingerprint density at radius 2 is 1.90 bits per heavy atom. The Morgan fingerprint density at radius 3 is 2.60 bits per heavy atom. The standard InChI is InChI=1S/C17H19Cl2N/c1-3-20-17(10-13-6-4-5-12(2)9-13)15-11-14(18)7-8-16(15)19/h4-9,11,17,20H,3,10H2,1-2H3. The second-order valence-electron chi connectivity index (χ2n) is 4.97. The number of hydrogen-bond donors (Lipinski definition) is 1. The van der Waals surface area contributed by atoms with Crippen molar-refractivity contribution >= 4 is 23.2 Å². The second-order valence-corrected chi connectivity index (χ2v) is 5.81. The summed E-state index contributed by atoms with van der Waals surface area (Å²) in [6, 6.07) is 14.4. The Labute approximate surface area is 130 Å². The molecule has 0 aliphatic rings. The Balaban J connectivity index is 2.29. The number of nitrogens with one attached hydrogen (secondary N) is 1. The Morgan fingerprint density at radius 1 is 1.10 bits per heavy atom. The van der Waals surface area contributed by atoms with Crippen molar-refractivity contribution in [3.63, 3.8) is 0 Å². The zero-order valence-corrected chi connectivity index (χ0v) is 13.3. The normalized spacial score (nSPS) is 12.4. The van der Waals surface area contributed by atoms with Gasteiger partial charge in [0.05, 0.1) is 0 Å². The van der Waals surface area contributed by atoms with Gasteiger partial charge in [0, 0.05) is 16.1 Å². The van der Waals surface area contributed by atoms with E-state index in [0.29, 0.717) is 0 Å². The summed E-state index contributed by atoms with van der Waals surface area (Å²) in [7, 11) is 0. The molecule has 0 radical (unpaired) electrons. The molecule has 2 aromatic rings. The van der Waals surface area contributed by atoms with Crippen molar-refractivity contribution in [2.75, 3.05) is 6.54 Å². The van der Waals surface area contributed by atoms with Crippen molar-refractivity contribution in [3.05, 3.63) is 69.2 Å². The van der Waals surface area contributed by atoms with E-state index in [0.717, 1.165) is 28.6 Å². The predicted octanol–water partition coefficient (Wildman–Crippen LogP) is 5.20. The lowest BCUT2D eigenvalue weighted by Crippen LogP contribution is -2.23. The number of hydrogen-bond acceptors (Lipinski definition) is 1. The Bertz CT molecular complexity index is 581. The first kappa shape index (κ1) is 15.4. The SMILES string of the molecule is CCNC(Cc1cccc(C)c1)c1cc(Cl)ccc1Cl. The lowest BCUT2D eigenvalue weighted by Gasteiger charge is -2.20. The van der Waals surface area contributed by atoms with Crippen molar-refractivity contribution < 1.29 is 0 Å². The van der Waals surface area contributed by atoms with Gasteiger partial charge in [0.25, 0.3) is 0 Å². The van der Waals surface area contributed by atoms with Gasteiger partial charge in [0.15, 0.2) is 0 Å². The van der Waals surface area contributed by atoms with Crippen LogP contribution in [0.5, 0.6) is 0 Å². The van der Waals surface area contributed by atoms with Crippen molar-refractivity contribution in [2.24, 2.45) is 0 Å². The predicted molar refractivity (Wildman–Crippen MR) is 87.8 cm³/mol. The van der Waals surface area contributed by atoms with Crippen LogP contribution in [-0.2, 0) is 6.42 Å². The van der Waals surface area contributed by atoms with Gasteiger partial charge < -0.3 is 5.32 Å². The smallest absolute Gasteiger partial charge is 0.0454 e. The van der Waals surface area contributed by atoms with Crippen LogP contribution in [0, 0.1) is 6.92 Å². The van der Waals surface area contributed by atoms with Crippen LogP contribution in [0.4, 0.5) is 0 Å². The van der Waals surface area contributed by atoms with E-state index in [1.165, 1.54) is 11.1 Å². The van der Waals surface area contributed by atoms with E-state index in [2.05, 4.69) is 43.4 Å². The van der Waals surface area contributed by atoms with Crippen molar-refractivity contribution in [3.8, 4) is 0 Å². The molecule has 0 bridgehead atoms. The maximum Gasteiger partial charge on any atom is 0.0454 e. The highest BCUT2D eigenvalue weighted by Gasteiger charge is 2.15. The van der Waals surface area contributed by atoms with Gasteiger partial charge in [-0.2, -0.15) is 0 Å². The first-order valence-corrected chi connectivity index (χ1v) is 7.59. The van der Waals surface area contributed by atoms with Gasteiger partial charge in [0.2, 0.25) is 0 Å². The molecule has 106 valence electrons. The average Bonchev–Trinajstić information content (AvgIpc) is 2.41. The molecule has 20 heavy (non-hydrogen) atoms. The topological polar surface area (TPSA) is 12.0 Å². The summed E-state index contributed by atoms with van der Waals surface area (Å²) in [6.45, 7) is 5.10. The zero-order chi connectivity index (χ0) is 14.5. The summed E-state index contributed by atoms with van der Waals surface area (Å²) in [5.74, 6) is 0. The summed E-state index contributed by atoms with van der Waals surface area (Å²) < 4.78 is 0. The van der Waals surface area contributed by atoms with Gasteiger partial charge in [-0.05, 0) is 49.2 Å². The number of likely N-dealkylation sites (N-methyl/N-ethyl adjacent to an activating group) is 1.